The van der Waals surface area contributed by atoms with Gasteiger partial charge in [0.25, 0.3) is 5.91 Å². The van der Waals surface area contributed by atoms with E-state index in [9.17, 15) is 14.7 Å². The van der Waals surface area contributed by atoms with Gasteiger partial charge in [0, 0.05) is 17.5 Å². The number of fused-ring (bicyclic) bond motifs is 1. The van der Waals surface area contributed by atoms with Crippen LogP contribution in [0, 0.1) is 5.92 Å². The number of hydrogen-bond donors (Lipinski definition) is 2. The van der Waals surface area contributed by atoms with Crippen LogP contribution in [-0.2, 0) is 17.8 Å². The fraction of sp³-hybridized carbons (Fsp3) is 0.273. The third-order valence-corrected chi connectivity index (χ3v) is 5.25. The smallest absolute Gasteiger partial charge is 0.306 e. The first kappa shape index (κ1) is 20.7. The van der Waals surface area contributed by atoms with E-state index >= 15 is 0 Å². The molecule has 1 unspecified atom stereocenters. The number of carbonyl (C=O) groups is 2. The lowest BCUT2D eigenvalue weighted by Gasteiger charge is -2.14. The molecule has 6 nitrogen and oxygen atoms in total. The molecule has 0 aliphatic heterocycles. The van der Waals surface area contributed by atoms with Crippen molar-refractivity contribution in [2.45, 2.75) is 26.3 Å². The molecule has 29 heavy (non-hydrogen) atoms. The summed E-state index contributed by atoms with van der Waals surface area (Å²) < 4.78 is 10.8. The number of benzene rings is 2. The minimum absolute atomic E-state index is 0.227. The van der Waals surface area contributed by atoms with E-state index in [4.69, 9.17) is 20.8 Å². The zero-order valence-corrected chi connectivity index (χ0v) is 17.0. The van der Waals surface area contributed by atoms with E-state index in [0.717, 1.165) is 11.1 Å². The molecular formula is C22H22ClNO5. The van der Waals surface area contributed by atoms with Gasteiger partial charge >= 0.3 is 5.97 Å². The molecule has 0 fully saturated rings. The van der Waals surface area contributed by atoms with Gasteiger partial charge in [-0.1, -0.05) is 30.7 Å². The molecule has 3 aromatic rings. The van der Waals surface area contributed by atoms with Crippen LogP contribution >= 0.6 is 11.6 Å². The average molecular weight is 416 g/mol. The molecule has 1 aromatic heterocycles. The SMILES string of the molecule is CCC(Cc1ccc(OC)c(CNC(=O)c2ccc(Cl)c3ccoc23)c1)C(=O)O. The second kappa shape index (κ2) is 9.01. The lowest BCUT2D eigenvalue weighted by molar-refractivity contribution is -0.141. The third-order valence-electron chi connectivity index (χ3n) is 4.92. The van der Waals surface area contributed by atoms with Gasteiger partial charge in [-0.05, 0) is 42.7 Å². The number of methoxy groups -OCH3 is 1. The van der Waals surface area contributed by atoms with Gasteiger partial charge in [-0.2, -0.15) is 0 Å². The van der Waals surface area contributed by atoms with E-state index < -0.39 is 11.9 Å². The quantitative estimate of drug-likeness (QED) is 0.557. The van der Waals surface area contributed by atoms with Crippen LogP contribution in [0.2, 0.25) is 5.02 Å². The van der Waals surface area contributed by atoms with E-state index in [2.05, 4.69) is 5.32 Å². The molecule has 0 saturated heterocycles. The number of nitrogens with one attached hydrogen (secondary N) is 1. The van der Waals surface area contributed by atoms with E-state index in [0.29, 0.717) is 40.1 Å². The number of furan rings is 1. The monoisotopic (exact) mass is 415 g/mol. The Labute approximate surface area is 173 Å². The highest BCUT2D eigenvalue weighted by Crippen LogP contribution is 2.28. The van der Waals surface area contributed by atoms with Gasteiger partial charge in [-0.25, -0.2) is 0 Å². The van der Waals surface area contributed by atoms with E-state index in [1.807, 2.05) is 19.1 Å². The molecule has 0 bridgehead atoms. The molecular weight excluding hydrogens is 394 g/mol. The fourth-order valence-corrected chi connectivity index (χ4v) is 3.48. The number of halogens is 1. The van der Waals surface area contributed by atoms with Crippen LogP contribution in [0.1, 0.15) is 34.8 Å². The number of ether oxygens (including phenoxy) is 1. The Bertz CT molecular complexity index is 1040. The predicted octanol–water partition coefficient (Wildman–Crippen LogP) is 4.68. The zero-order chi connectivity index (χ0) is 21.0. The average Bonchev–Trinajstić information content (AvgIpc) is 3.21. The molecule has 1 amide bonds. The normalized spacial score (nSPS) is 12.0. The van der Waals surface area contributed by atoms with E-state index in [1.165, 1.54) is 6.26 Å². The minimum atomic E-state index is -0.816. The Morgan fingerprint density at radius 2 is 2.03 bits per heavy atom. The molecule has 1 atom stereocenters. The zero-order valence-electron chi connectivity index (χ0n) is 16.2. The van der Waals surface area contributed by atoms with Crippen molar-refractivity contribution in [1.29, 1.82) is 0 Å². The van der Waals surface area contributed by atoms with Crippen molar-refractivity contribution in [3.05, 3.63) is 64.4 Å². The summed E-state index contributed by atoms with van der Waals surface area (Å²) >= 11 is 6.13. The van der Waals surface area contributed by atoms with Crippen LogP contribution in [-0.4, -0.2) is 24.1 Å². The van der Waals surface area contributed by atoms with Gasteiger partial charge in [0.05, 0.1) is 29.9 Å². The van der Waals surface area contributed by atoms with E-state index in [1.54, 1.807) is 31.4 Å². The number of carboxylic acids is 1. The van der Waals surface area contributed by atoms with E-state index in [-0.39, 0.29) is 12.5 Å². The van der Waals surface area contributed by atoms with Crippen molar-refractivity contribution in [2.24, 2.45) is 5.92 Å². The molecule has 0 spiro atoms. The number of hydrogen-bond acceptors (Lipinski definition) is 4. The van der Waals surface area contributed by atoms with Gasteiger partial charge < -0.3 is 19.6 Å². The highest BCUT2D eigenvalue weighted by molar-refractivity contribution is 6.35. The summed E-state index contributed by atoms with van der Waals surface area (Å²) in [6.07, 6.45) is 2.45. The fourth-order valence-electron chi connectivity index (χ4n) is 3.27. The second-order valence-electron chi connectivity index (χ2n) is 6.73. The van der Waals surface area contributed by atoms with Crippen LogP contribution in [0.25, 0.3) is 11.0 Å². The first-order chi connectivity index (χ1) is 13.9. The topological polar surface area (TPSA) is 88.8 Å². The number of aliphatic carboxylic acids is 1. The van der Waals surface area contributed by atoms with Crippen molar-refractivity contribution >= 4 is 34.4 Å². The summed E-state index contributed by atoms with van der Waals surface area (Å²) in [4.78, 5) is 24.0. The maximum absolute atomic E-state index is 12.7. The molecule has 0 radical (unpaired) electrons. The van der Waals surface area contributed by atoms with Crippen LogP contribution < -0.4 is 10.1 Å². The molecule has 2 aromatic carbocycles. The molecule has 2 N–H and O–H groups in total. The number of amides is 1. The van der Waals surface area contributed by atoms with Crippen LogP contribution in [0.3, 0.4) is 0 Å². The Kier molecular flexibility index (Phi) is 6.44. The van der Waals surface area contributed by atoms with Crippen LogP contribution in [0.15, 0.2) is 47.1 Å². The molecule has 0 saturated carbocycles. The molecule has 0 aliphatic carbocycles. The molecule has 0 aliphatic rings. The Hall–Kier alpha value is -2.99. The highest BCUT2D eigenvalue weighted by atomic mass is 35.5. The second-order valence-corrected chi connectivity index (χ2v) is 7.14. The van der Waals surface area contributed by atoms with Crippen molar-refractivity contribution in [3.63, 3.8) is 0 Å². The Morgan fingerprint density at radius 3 is 2.72 bits per heavy atom. The predicted molar refractivity (Wildman–Crippen MR) is 111 cm³/mol. The lowest BCUT2D eigenvalue weighted by atomic mass is 9.95. The Morgan fingerprint density at radius 1 is 1.24 bits per heavy atom. The summed E-state index contributed by atoms with van der Waals surface area (Å²) in [5, 5.41) is 13.4. The standard InChI is InChI=1S/C22H22ClNO5/c1-3-14(22(26)27)10-13-4-7-19(28-2)15(11-13)12-24-21(25)17-5-6-18(23)16-8-9-29-20(16)17/h4-9,11,14H,3,10,12H2,1-2H3,(H,24,25)(H,26,27). The van der Waals surface area contributed by atoms with Gasteiger partial charge in [-0.15, -0.1) is 0 Å². The van der Waals surface area contributed by atoms with Crippen molar-refractivity contribution < 1.29 is 23.8 Å². The Balaban J connectivity index is 1.79. The third kappa shape index (κ3) is 4.54. The van der Waals surface area contributed by atoms with Crippen molar-refractivity contribution in [2.75, 3.05) is 7.11 Å². The molecule has 1 heterocycles. The van der Waals surface area contributed by atoms with Gasteiger partial charge in [0.1, 0.15) is 11.3 Å². The van der Waals surface area contributed by atoms with Gasteiger partial charge in [0.2, 0.25) is 0 Å². The first-order valence-electron chi connectivity index (χ1n) is 9.27. The number of rotatable bonds is 8. The van der Waals surface area contributed by atoms with Crippen LogP contribution in [0.5, 0.6) is 5.75 Å². The lowest BCUT2D eigenvalue weighted by Crippen LogP contribution is -2.23. The van der Waals surface area contributed by atoms with Gasteiger partial charge in [-0.3, -0.25) is 9.59 Å². The summed E-state index contributed by atoms with van der Waals surface area (Å²) in [6.45, 7) is 2.08. The number of carboxylic acid groups (broad SMARTS) is 1. The highest BCUT2D eigenvalue weighted by Gasteiger charge is 2.18. The maximum atomic E-state index is 12.7. The molecule has 7 heteroatoms. The summed E-state index contributed by atoms with van der Waals surface area (Å²) in [7, 11) is 1.55. The summed E-state index contributed by atoms with van der Waals surface area (Å²) in [5.41, 5.74) is 2.47. The van der Waals surface area contributed by atoms with Crippen molar-refractivity contribution in [1.82, 2.24) is 5.32 Å². The van der Waals surface area contributed by atoms with Gasteiger partial charge in [0.15, 0.2) is 0 Å². The summed E-state index contributed by atoms with van der Waals surface area (Å²) in [5.74, 6) is -0.946. The minimum Gasteiger partial charge on any atom is -0.496 e. The summed E-state index contributed by atoms with van der Waals surface area (Å²) in [6, 6.07) is 10.5. The molecule has 152 valence electrons. The van der Waals surface area contributed by atoms with Crippen molar-refractivity contribution in [3.8, 4) is 5.75 Å². The first-order valence-corrected chi connectivity index (χ1v) is 9.64. The van der Waals surface area contributed by atoms with Crippen LogP contribution in [0.4, 0.5) is 0 Å². The largest absolute Gasteiger partial charge is 0.496 e. The maximum Gasteiger partial charge on any atom is 0.306 e. The molecule has 3 rings (SSSR count). The number of carbonyl (C=O) groups excluding carboxylic acids is 1.